The molecule has 1 aromatic heterocycles. The van der Waals surface area contributed by atoms with Crippen LogP contribution in [0.4, 0.5) is 0 Å². The number of hydrogen-bond acceptors (Lipinski definition) is 2. The number of aromatic nitrogens is 1. The molecule has 1 heterocycles. The summed E-state index contributed by atoms with van der Waals surface area (Å²) in [5, 5.41) is 0.516. The third-order valence-electron chi connectivity index (χ3n) is 0.832. The van der Waals surface area contributed by atoms with Crippen molar-refractivity contribution in [1.29, 1.82) is 0 Å². The summed E-state index contributed by atoms with van der Waals surface area (Å²) in [6.07, 6.45) is 1.57. The second-order valence-corrected chi connectivity index (χ2v) is 1.83. The molecule has 0 saturated heterocycles. The zero-order valence-electron chi connectivity index (χ0n) is 4.89. The van der Waals surface area contributed by atoms with Gasteiger partial charge in [0.25, 0.3) is 0 Å². The zero-order valence-corrected chi connectivity index (χ0v) is 5.64. The second-order valence-electron chi connectivity index (χ2n) is 1.43. The summed E-state index contributed by atoms with van der Waals surface area (Å²) in [6.45, 7) is 0. The van der Waals surface area contributed by atoms with Crippen molar-refractivity contribution < 1.29 is 4.74 Å². The maximum absolute atomic E-state index is 5.55. The summed E-state index contributed by atoms with van der Waals surface area (Å²) in [7, 11) is 1.52. The predicted octanol–water partition coefficient (Wildman–Crippen LogP) is 1.54. The largest absolute Gasteiger partial charge is 0.481 e. The topological polar surface area (TPSA) is 22.1 Å². The Morgan fingerprint density at radius 1 is 1.78 bits per heavy atom. The van der Waals surface area contributed by atoms with Crippen molar-refractivity contribution in [3.05, 3.63) is 23.4 Å². The van der Waals surface area contributed by atoms with Crippen LogP contribution in [0.1, 0.15) is 0 Å². The molecule has 0 saturated carbocycles. The van der Waals surface area contributed by atoms with Gasteiger partial charge in [0.1, 0.15) is 0 Å². The minimum Gasteiger partial charge on any atom is -0.481 e. The molecule has 3 heteroatoms. The minimum absolute atomic E-state index is 0.419. The molecule has 2 nitrogen and oxygen atoms in total. The number of rotatable bonds is 1. The Kier molecular flexibility index (Phi) is 1.90. The third-order valence-corrected chi connectivity index (χ3v) is 1.05. The molecular weight excluding hydrogens is 138 g/mol. The summed E-state index contributed by atoms with van der Waals surface area (Å²) >= 11 is 5.55. The number of ether oxygens (including phenoxy) is 1. The highest BCUT2D eigenvalue weighted by molar-refractivity contribution is 6.30. The van der Waals surface area contributed by atoms with Crippen LogP contribution < -0.4 is 4.74 Å². The summed E-state index contributed by atoms with van der Waals surface area (Å²) in [4.78, 5) is 3.80. The van der Waals surface area contributed by atoms with Crippen molar-refractivity contribution in [2.75, 3.05) is 7.11 Å². The first-order valence-electron chi connectivity index (χ1n) is 2.41. The van der Waals surface area contributed by atoms with Gasteiger partial charge in [-0.1, -0.05) is 11.6 Å². The molecule has 0 spiro atoms. The molecule has 9 heavy (non-hydrogen) atoms. The lowest BCUT2D eigenvalue weighted by molar-refractivity contribution is 0.397. The van der Waals surface area contributed by atoms with Crippen molar-refractivity contribution in [3.63, 3.8) is 0 Å². The van der Waals surface area contributed by atoms with Gasteiger partial charge in [0.05, 0.1) is 18.2 Å². The number of pyridine rings is 1. The predicted molar refractivity (Wildman–Crippen MR) is 34.6 cm³/mol. The molecule has 0 unspecified atom stereocenters. The van der Waals surface area contributed by atoms with Crippen LogP contribution >= 0.6 is 11.6 Å². The molecule has 0 bridgehead atoms. The lowest BCUT2D eigenvalue weighted by atomic mass is 10.5. The van der Waals surface area contributed by atoms with Gasteiger partial charge in [0.15, 0.2) is 0 Å². The standard InChI is InChI=1S/C6H5ClNO/c1-9-6-4-5(7)2-3-8-6/h2-3H,1H3. The van der Waals surface area contributed by atoms with Gasteiger partial charge in [0, 0.05) is 6.20 Å². The van der Waals surface area contributed by atoms with E-state index in [1.54, 1.807) is 12.3 Å². The molecule has 0 aliphatic carbocycles. The van der Waals surface area contributed by atoms with Gasteiger partial charge in [-0.25, -0.2) is 4.98 Å². The van der Waals surface area contributed by atoms with Gasteiger partial charge >= 0.3 is 0 Å². The van der Waals surface area contributed by atoms with E-state index in [4.69, 9.17) is 16.3 Å². The quantitative estimate of drug-likeness (QED) is 0.594. The maximum atomic E-state index is 5.55. The van der Waals surface area contributed by atoms with Crippen molar-refractivity contribution >= 4 is 11.6 Å². The molecule has 47 valence electrons. The van der Waals surface area contributed by atoms with Crippen molar-refractivity contribution in [2.24, 2.45) is 0 Å². The van der Waals surface area contributed by atoms with E-state index < -0.39 is 0 Å². The van der Waals surface area contributed by atoms with Crippen molar-refractivity contribution in [3.8, 4) is 5.88 Å². The van der Waals surface area contributed by atoms with Gasteiger partial charge in [-0.2, -0.15) is 0 Å². The first-order chi connectivity index (χ1) is 4.33. The highest BCUT2D eigenvalue weighted by Gasteiger charge is 1.91. The highest BCUT2D eigenvalue weighted by Crippen LogP contribution is 2.11. The van der Waals surface area contributed by atoms with Crippen LogP contribution in [0.3, 0.4) is 0 Å². The van der Waals surface area contributed by atoms with Gasteiger partial charge in [0.2, 0.25) is 5.88 Å². The van der Waals surface area contributed by atoms with E-state index in [0.29, 0.717) is 10.9 Å². The van der Waals surface area contributed by atoms with Crippen LogP contribution in [-0.4, -0.2) is 12.1 Å². The molecule has 0 fully saturated rings. The first kappa shape index (κ1) is 6.36. The Morgan fingerprint density at radius 3 is 3.00 bits per heavy atom. The zero-order chi connectivity index (χ0) is 6.69. The molecule has 1 aromatic rings. The average molecular weight is 143 g/mol. The fraction of sp³-hybridized carbons (Fsp3) is 0.167. The van der Waals surface area contributed by atoms with E-state index >= 15 is 0 Å². The third kappa shape index (κ3) is 1.57. The van der Waals surface area contributed by atoms with E-state index in [0.717, 1.165) is 0 Å². The van der Waals surface area contributed by atoms with Gasteiger partial charge in [-0.15, -0.1) is 0 Å². The fourth-order valence-electron chi connectivity index (χ4n) is 0.450. The Bertz CT molecular complexity index is 202. The van der Waals surface area contributed by atoms with E-state index in [-0.39, 0.29) is 0 Å². The number of nitrogens with zero attached hydrogens (tertiary/aromatic N) is 1. The van der Waals surface area contributed by atoms with E-state index in [2.05, 4.69) is 11.1 Å². The number of halogens is 1. The molecule has 0 aliphatic rings. The average Bonchev–Trinajstić information content (AvgIpc) is 1.88. The van der Waals surface area contributed by atoms with Crippen LogP contribution in [0.5, 0.6) is 5.88 Å². The van der Waals surface area contributed by atoms with Crippen LogP contribution in [0.15, 0.2) is 12.3 Å². The lowest BCUT2D eigenvalue weighted by Crippen LogP contribution is -1.85. The maximum Gasteiger partial charge on any atom is 0.222 e. The number of hydrogen-bond donors (Lipinski definition) is 0. The van der Waals surface area contributed by atoms with Gasteiger partial charge in [-0.05, 0) is 6.07 Å². The Hall–Kier alpha value is -0.760. The van der Waals surface area contributed by atoms with Crippen molar-refractivity contribution in [2.45, 2.75) is 0 Å². The van der Waals surface area contributed by atoms with E-state index in [9.17, 15) is 0 Å². The van der Waals surface area contributed by atoms with Crippen LogP contribution in [0.25, 0.3) is 0 Å². The SMILES string of the molecule is COc1[c]c(Cl)ccn1. The van der Waals surface area contributed by atoms with Gasteiger partial charge in [-0.3, -0.25) is 0 Å². The molecule has 0 amide bonds. The second kappa shape index (κ2) is 2.69. The highest BCUT2D eigenvalue weighted by atomic mass is 35.5. The Labute approximate surface area is 58.4 Å². The van der Waals surface area contributed by atoms with E-state index in [1.165, 1.54) is 7.11 Å². The van der Waals surface area contributed by atoms with Crippen LogP contribution in [0, 0.1) is 6.07 Å². The normalized spacial score (nSPS) is 9.11. The molecule has 0 aliphatic heterocycles. The smallest absolute Gasteiger partial charge is 0.222 e. The lowest BCUT2D eigenvalue weighted by Gasteiger charge is -1.94. The molecule has 0 N–H and O–H groups in total. The summed E-state index contributed by atoms with van der Waals surface area (Å²) < 4.78 is 4.74. The minimum atomic E-state index is 0.419. The monoisotopic (exact) mass is 142 g/mol. The molecule has 0 aromatic carbocycles. The van der Waals surface area contributed by atoms with Crippen LogP contribution in [-0.2, 0) is 0 Å². The fourth-order valence-corrected chi connectivity index (χ4v) is 0.587. The van der Waals surface area contributed by atoms with E-state index in [1.807, 2.05) is 0 Å². The molecule has 1 rings (SSSR count). The number of methoxy groups -OCH3 is 1. The van der Waals surface area contributed by atoms with Crippen LogP contribution in [0.2, 0.25) is 5.02 Å². The molecule has 1 radical (unpaired) electrons. The Balaban J connectivity index is 2.94. The summed E-state index contributed by atoms with van der Waals surface area (Å²) in [5.41, 5.74) is 0. The summed E-state index contributed by atoms with van der Waals surface area (Å²) in [6, 6.07) is 4.33. The Morgan fingerprint density at radius 2 is 2.56 bits per heavy atom. The summed E-state index contributed by atoms with van der Waals surface area (Å²) in [5.74, 6) is 0.419. The molecule has 0 atom stereocenters. The van der Waals surface area contributed by atoms with Gasteiger partial charge < -0.3 is 4.74 Å². The molecular formula is C6H5ClNO. The first-order valence-corrected chi connectivity index (χ1v) is 2.78. The van der Waals surface area contributed by atoms with Crippen molar-refractivity contribution in [1.82, 2.24) is 4.98 Å².